The lowest BCUT2D eigenvalue weighted by molar-refractivity contribution is 0.961. The van der Waals surface area contributed by atoms with Crippen molar-refractivity contribution in [1.29, 1.82) is 0 Å². The van der Waals surface area contributed by atoms with Gasteiger partial charge in [-0.05, 0) is 47.4 Å². The number of aromatic nitrogens is 1. The SMILES string of the molecule is CSNCc1ccc(Cc2cc3ccccc3[nH]c2=O)cc1C. The monoisotopic (exact) mass is 324 g/mol. The molecule has 118 valence electrons. The van der Waals surface area contributed by atoms with E-state index >= 15 is 0 Å². The number of H-pyrrole nitrogens is 1. The van der Waals surface area contributed by atoms with E-state index in [4.69, 9.17) is 0 Å². The van der Waals surface area contributed by atoms with Crippen molar-refractivity contribution in [3.63, 3.8) is 0 Å². The maximum atomic E-state index is 12.3. The Kier molecular flexibility index (Phi) is 4.84. The van der Waals surface area contributed by atoms with E-state index in [-0.39, 0.29) is 5.56 Å². The zero-order valence-electron chi connectivity index (χ0n) is 13.3. The molecule has 0 radical (unpaired) electrons. The molecule has 2 N–H and O–H groups in total. The highest BCUT2D eigenvalue weighted by atomic mass is 32.2. The molecule has 1 heterocycles. The summed E-state index contributed by atoms with van der Waals surface area (Å²) in [6.45, 7) is 2.97. The fourth-order valence-corrected chi connectivity index (χ4v) is 3.06. The number of hydrogen-bond donors (Lipinski definition) is 2. The maximum absolute atomic E-state index is 12.3. The van der Waals surface area contributed by atoms with Gasteiger partial charge in [-0.15, -0.1) is 0 Å². The molecule has 0 spiro atoms. The van der Waals surface area contributed by atoms with Crippen molar-refractivity contribution in [2.45, 2.75) is 19.9 Å². The van der Waals surface area contributed by atoms with E-state index in [0.717, 1.165) is 28.6 Å². The van der Waals surface area contributed by atoms with E-state index in [1.165, 1.54) is 11.1 Å². The molecular formula is C19H20N2OS. The molecule has 2 aromatic carbocycles. The second kappa shape index (κ2) is 7.02. The van der Waals surface area contributed by atoms with Gasteiger partial charge in [-0.2, -0.15) is 0 Å². The van der Waals surface area contributed by atoms with Gasteiger partial charge in [0.15, 0.2) is 0 Å². The zero-order chi connectivity index (χ0) is 16.2. The third kappa shape index (κ3) is 3.66. The summed E-state index contributed by atoms with van der Waals surface area (Å²) >= 11 is 1.62. The molecule has 0 atom stereocenters. The molecule has 0 fully saturated rings. The Morgan fingerprint density at radius 1 is 1.09 bits per heavy atom. The predicted octanol–water partition coefficient (Wildman–Crippen LogP) is 3.79. The number of nitrogens with one attached hydrogen (secondary N) is 2. The number of pyridine rings is 1. The van der Waals surface area contributed by atoms with Crippen LogP contribution in [0, 0.1) is 6.92 Å². The highest BCUT2D eigenvalue weighted by Crippen LogP contribution is 2.16. The van der Waals surface area contributed by atoms with Crippen molar-refractivity contribution in [2.24, 2.45) is 0 Å². The molecule has 23 heavy (non-hydrogen) atoms. The number of fused-ring (bicyclic) bond motifs is 1. The van der Waals surface area contributed by atoms with E-state index in [1.54, 1.807) is 11.9 Å². The standard InChI is InChI=1S/C19H20N2OS/c1-13-9-14(7-8-16(13)12-20-23-2)10-17-11-15-5-3-4-6-18(15)21-19(17)22/h3-9,11,20H,10,12H2,1-2H3,(H,21,22). The van der Waals surface area contributed by atoms with Gasteiger partial charge in [0, 0.05) is 24.0 Å². The Bertz CT molecular complexity index is 886. The molecule has 3 rings (SSSR count). The third-order valence-corrected chi connectivity index (χ3v) is 4.47. The Balaban J connectivity index is 1.88. The normalized spacial score (nSPS) is 11.0. The Morgan fingerprint density at radius 3 is 2.70 bits per heavy atom. The van der Waals surface area contributed by atoms with Gasteiger partial charge in [-0.3, -0.25) is 9.52 Å². The van der Waals surface area contributed by atoms with E-state index in [2.05, 4.69) is 34.8 Å². The van der Waals surface area contributed by atoms with Gasteiger partial charge in [0.05, 0.1) is 0 Å². The summed E-state index contributed by atoms with van der Waals surface area (Å²) in [5.41, 5.74) is 5.39. The fourth-order valence-electron chi connectivity index (χ4n) is 2.76. The van der Waals surface area contributed by atoms with Crippen LogP contribution < -0.4 is 10.3 Å². The van der Waals surface area contributed by atoms with E-state index in [9.17, 15) is 4.79 Å². The molecule has 0 amide bonds. The van der Waals surface area contributed by atoms with Gasteiger partial charge in [-0.1, -0.05) is 48.3 Å². The number of benzene rings is 2. The Morgan fingerprint density at radius 2 is 1.91 bits per heavy atom. The first-order valence-corrected chi connectivity index (χ1v) is 8.85. The van der Waals surface area contributed by atoms with Gasteiger partial charge in [0.2, 0.25) is 0 Å². The van der Waals surface area contributed by atoms with Crippen molar-refractivity contribution in [3.8, 4) is 0 Å². The first-order chi connectivity index (χ1) is 11.2. The van der Waals surface area contributed by atoms with Crippen molar-refractivity contribution >= 4 is 22.9 Å². The molecule has 3 aromatic rings. The smallest absolute Gasteiger partial charge is 0.251 e. The van der Waals surface area contributed by atoms with Crippen LogP contribution in [0.3, 0.4) is 0 Å². The van der Waals surface area contributed by atoms with Crippen LogP contribution in [0.1, 0.15) is 22.3 Å². The van der Waals surface area contributed by atoms with Crippen LogP contribution >= 0.6 is 11.9 Å². The molecule has 0 unspecified atom stereocenters. The summed E-state index contributed by atoms with van der Waals surface area (Å²) in [6, 6.07) is 16.3. The molecule has 0 saturated carbocycles. The number of aryl methyl sites for hydroxylation is 1. The Hall–Kier alpha value is -2.04. The van der Waals surface area contributed by atoms with Crippen molar-refractivity contribution < 1.29 is 0 Å². The second-order valence-corrected chi connectivity index (χ2v) is 6.37. The lowest BCUT2D eigenvalue weighted by Gasteiger charge is -2.09. The molecule has 0 saturated heterocycles. The molecule has 0 aliphatic carbocycles. The van der Waals surface area contributed by atoms with Crippen molar-refractivity contribution in [3.05, 3.63) is 81.1 Å². The number of aromatic amines is 1. The van der Waals surface area contributed by atoms with Crippen LogP contribution in [0.5, 0.6) is 0 Å². The molecule has 0 bridgehead atoms. The number of rotatable bonds is 5. The topological polar surface area (TPSA) is 44.9 Å². The number of hydrogen-bond acceptors (Lipinski definition) is 3. The van der Waals surface area contributed by atoms with Gasteiger partial charge < -0.3 is 4.98 Å². The van der Waals surface area contributed by atoms with E-state index in [1.807, 2.05) is 36.6 Å². The van der Waals surface area contributed by atoms with Crippen molar-refractivity contribution in [2.75, 3.05) is 6.26 Å². The minimum atomic E-state index is -0.00511. The fraction of sp³-hybridized carbons (Fsp3) is 0.211. The lowest BCUT2D eigenvalue weighted by atomic mass is 10.00. The van der Waals surface area contributed by atoms with Crippen LogP contribution in [-0.4, -0.2) is 11.2 Å². The maximum Gasteiger partial charge on any atom is 0.251 e. The van der Waals surface area contributed by atoms with Crippen molar-refractivity contribution in [1.82, 2.24) is 9.71 Å². The molecule has 4 heteroatoms. The zero-order valence-corrected chi connectivity index (χ0v) is 14.2. The molecule has 0 aliphatic rings. The van der Waals surface area contributed by atoms with Gasteiger partial charge in [0.25, 0.3) is 5.56 Å². The highest BCUT2D eigenvalue weighted by Gasteiger charge is 2.06. The summed E-state index contributed by atoms with van der Waals surface area (Å²) in [7, 11) is 0. The Labute approximate surface area is 140 Å². The average molecular weight is 324 g/mol. The van der Waals surface area contributed by atoms with Crippen LogP contribution in [0.25, 0.3) is 10.9 Å². The third-order valence-electron chi connectivity index (χ3n) is 4.04. The highest BCUT2D eigenvalue weighted by molar-refractivity contribution is 7.96. The molecule has 0 aliphatic heterocycles. The average Bonchev–Trinajstić information content (AvgIpc) is 2.55. The van der Waals surface area contributed by atoms with Gasteiger partial charge in [0.1, 0.15) is 0 Å². The van der Waals surface area contributed by atoms with Crippen LogP contribution in [0.15, 0.2) is 53.3 Å². The van der Waals surface area contributed by atoms with Gasteiger partial charge >= 0.3 is 0 Å². The summed E-state index contributed by atoms with van der Waals surface area (Å²) in [4.78, 5) is 15.2. The predicted molar refractivity (Wildman–Crippen MR) is 98.9 cm³/mol. The quantitative estimate of drug-likeness (QED) is 0.702. The summed E-state index contributed by atoms with van der Waals surface area (Å²) in [5.74, 6) is 0. The number of para-hydroxylation sites is 1. The first-order valence-electron chi connectivity index (χ1n) is 7.62. The molecular weight excluding hydrogens is 304 g/mol. The van der Waals surface area contributed by atoms with E-state index < -0.39 is 0 Å². The minimum absolute atomic E-state index is 0.00511. The van der Waals surface area contributed by atoms with Crippen LogP contribution in [0.2, 0.25) is 0 Å². The lowest BCUT2D eigenvalue weighted by Crippen LogP contribution is -2.13. The van der Waals surface area contributed by atoms with Crippen LogP contribution in [0.4, 0.5) is 0 Å². The molecule has 3 nitrogen and oxygen atoms in total. The second-order valence-electron chi connectivity index (χ2n) is 5.67. The summed E-state index contributed by atoms with van der Waals surface area (Å²) in [5, 5.41) is 1.07. The summed E-state index contributed by atoms with van der Waals surface area (Å²) in [6.07, 6.45) is 2.67. The first kappa shape index (κ1) is 15.8. The van der Waals surface area contributed by atoms with E-state index in [0.29, 0.717) is 6.42 Å². The minimum Gasteiger partial charge on any atom is -0.322 e. The van der Waals surface area contributed by atoms with Gasteiger partial charge in [-0.25, -0.2) is 0 Å². The van der Waals surface area contributed by atoms with Crippen LogP contribution in [-0.2, 0) is 13.0 Å². The largest absolute Gasteiger partial charge is 0.322 e. The summed E-state index contributed by atoms with van der Waals surface area (Å²) < 4.78 is 3.27. The molecule has 1 aromatic heterocycles.